The number of thioether (sulfide) groups is 1. The highest BCUT2D eigenvalue weighted by Crippen LogP contribution is 2.37. The van der Waals surface area contributed by atoms with Crippen LogP contribution >= 0.6 is 23.4 Å². The van der Waals surface area contributed by atoms with E-state index in [1.807, 2.05) is 17.0 Å². The Morgan fingerprint density at radius 1 is 1.04 bits per heavy atom. The third kappa shape index (κ3) is 8.18. The number of hydrogen-bond donors (Lipinski definition) is 1. The Labute approximate surface area is 298 Å². The molecule has 3 fully saturated rings. The van der Waals surface area contributed by atoms with Gasteiger partial charge in [0.15, 0.2) is 0 Å². The molecule has 12 nitrogen and oxygen atoms in total. The average molecular weight is 729 g/mol. The van der Waals surface area contributed by atoms with Crippen molar-refractivity contribution in [2.75, 3.05) is 77.4 Å². The number of nitrogens with zero attached hydrogens (tertiary/aromatic N) is 8. The molecule has 3 amide bonds. The molecule has 4 heterocycles. The van der Waals surface area contributed by atoms with Gasteiger partial charge in [0.05, 0.1) is 11.4 Å². The van der Waals surface area contributed by atoms with Crippen molar-refractivity contribution in [2.45, 2.75) is 25.0 Å². The zero-order valence-corrected chi connectivity index (χ0v) is 29.3. The molecule has 50 heavy (non-hydrogen) atoms. The second-order valence-corrected chi connectivity index (χ2v) is 14.2. The molecule has 0 radical (unpaired) electrons. The fourth-order valence-corrected chi connectivity index (χ4v) is 7.63. The van der Waals surface area contributed by atoms with E-state index in [4.69, 9.17) is 11.6 Å². The maximum absolute atomic E-state index is 14.8. The quantitative estimate of drug-likeness (QED) is 0.294. The highest BCUT2D eigenvalue weighted by Gasteiger charge is 2.38. The summed E-state index contributed by atoms with van der Waals surface area (Å²) < 4.78 is 29.9. The van der Waals surface area contributed by atoms with Crippen LogP contribution in [0.3, 0.4) is 0 Å². The molecule has 3 saturated heterocycles. The number of aromatic nitrogens is 3. The molecule has 3 aromatic rings. The minimum Gasteiger partial charge on any atom is -0.382 e. The lowest BCUT2D eigenvalue weighted by molar-refractivity contribution is -0.134. The van der Waals surface area contributed by atoms with Gasteiger partial charge in [-0.2, -0.15) is 5.10 Å². The Balaban J connectivity index is 1.02. The number of halogens is 3. The summed E-state index contributed by atoms with van der Waals surface area (Å²) in [7, 11) is 2.08. The first-order chi connectivity index (χ1) is 24.0. The van der Waals surface area contributed by atoms with E-state index in [1.165, 1.54) is 28.3 Å². The van der Waals surface area contributed by atoms with Crippen LogP contribution in [0.15, 0.2) is 54.0 Å². The van der Waals surface area contributed by atoms with Crippen molar-refractivity contribution in [3.05, 3.63) is 81.7 Å². The van der Waals surface area contributed by atoms with Crippen LogP contribution in [0.4, 0.5) is 19.3 Å². The standard InChI is InChI=1S/C34H39ClF2N8O4S/c1-40-10-14-42(15-11-40)29-5-2-4-27(35)25(29)19-30-32(47)45(33(48)50-30)9-3-6-31(46)43-16-12-41(13-17-43)20-34(49,21-44-23-38-22-39-44)26-8-7-24(36)18-28(26)37/h2,4-5,7-8,18-19,22-23,49H,3,6,9-17,20-21H2,1H3. The molecule has 3 aliphatic heterocycles. The lowest BCUT2D eigenvalue weighted by atomic mass is 9.92. The van der Waals surface area contributed by atoms with E-state index in [0.717, 1.165) is 55.8 Å². The van der Waals surface area contributed by atoms with Crippen LogP contribution in [0.1, 0.15) is 24.0 Å². The van der Waals surface area contributed by atoms with Crippen molar-refractivity contribution in [3.63, 3.8) is 0 Å². The van der Waals surface area contributed by atoms with Crippen LogP contribution in [0, 0.1) is 11.6 Å². The number of anilines is 1. The number of amides is 3. The number of rotatable bonds is 11. The van der Waals surface area contributed by atoms with E-state index in [0.29, 0.717) is 48.1 Å². The first-order valence-corrected chi connectivity index (χ1v) is 17.7. The first-order valence-electron chi connectivity index (χ1n) is 16.5. The van der Waals surface area contributed by atoms with E-state index < -0.39 is 23.1 Å². The van der Waals surface area contributed by atoms with Crippen LogP contribution < -0.4 is 4.90 Å². The van der Waals surface area contributed by atoms with Gasteiger partial charge >= 0.3 is 0 Å². The Kier molecular flexibility index (Phi) is 11.2. The van der Waals surface area contributed by atoms with Gasteiger partial charge in [0.1, 0.15) is 29.9 Å². The molecule has 0 saturated carbocycles. The zero-order valence-electron chi connectivity index (χ0n) is 27.7. The summed E-state index contributed by atoms with van der Waals surface area (Å²) >= 11 is 7.46. The Bertz CT molecular complexity index is 1750. The van der Waals surface area contributed by atoms with Gasteiger partial charge in [0, 0.05) is 99.8 Å². The molecule has 1 N–H and O–H groups in total. The maximum atomic E-state index is 14.8. The van der Waals surface area contributed by atoms with E-state index >= 15 is 0 Å². The molecular weight excluding hydrogens is 690 g/mol. The Morgan fingerprint density at radius 2 is 1.80 bits per heavy atom. The van der Waals surface area contributed by atoms with Gasteiger partial charge in [0.25, 0.3) is 11.1 Å². The van der Waals surface area contributed by atoms with Crippen molar-refractivity contribution in [3.8, 4) is 0 Å². The molecule has 0 spiro atoms. The van der Waals surface area contributed by atoms with E-state index in [1.54, 1.807) is 17.0 Å². The van der Waals surface area contributed by atoms with Crippen LogP contribution in [-0.2, 0) is 21.7 Å². The summed E-state index contributed by atoms with van der Waals surface area (Å²) in [5.74, 6) is -2.12. The zero-order chi connectivity index (χ0) is 35.4. The summed E-state index contributed by atoms with van der Waals surface area (Å²) in [4.78, 5) is 52.8. The largest absolute Gasteiger partial charge is 0.382 e. The van der Waals surface area contributed by atoms with Crippen molar-refractivity contribution in [2.24, 2.45) is 0 Å². The Hall–Kier alpha value is -3.89. The van der Waals surface area contributed by atoms with Gasteiger partial charge in [-0.15, -0.1) is 0 Å². The summed E-state index contributed by atoms with van der Waals surface area (Å²) in [6.07, 6.45) is 4.87. The predicted octanol–water partition coefficient (Wildman–Crippen LogP) is 3.51. The second-order valence-electron chi connectivity index (χ2n) is 12.8. The van der Waals surface area contributed by atoms with Crippen LogP contribution in [0.5, 0.6) is 0 Å². The summed E-state index contributed by atoms with van der Waals surface area (Å²) in [6, 6.07) is 8.70. The van der Waals surface area contributed by atoms with E-state index in [2.05, 4.69) is 26.9 Å². The molecule has 1 unspecified atom stereocenters. The summed E-state index contributed by atoms with van der Waals surface area (Å²) in [5, 5.41) is 15.8. The normalized spacial score (nSPS) is 19.9. The van der Waals surface area contributed by atoms with E-state index in [9.17, 15) is 28.3 Å². The van der Waals surface area contributed by atoms with Gasteiger partial charge in [-0.25, -0.2) is 18.4 Å². The number of benzene rings is 2. The smallest absolute Gasteiger partial charge is 0.293 e. The van der Waals surface area contributed by atoms with Gasteiger partial charge in [-0.3, -0.25) is 24.2 Å². The average Bonchev–Trinajstić information content (AvgIpc) is 3.69. The predicted molar refractivity (Wildman–Crippen MR) is 186 cm³/mol. The van der Waals surface area contributed by atoms with Crippen molar-refractivity contribution >= 4 is 52.2 Å². The number of imide groups is 1. The fourth-order valence-electron chi connectivity index (χ4n) is 6.56. The third-order valence-electron chi connectivity index (χ3n) is 9.33. The van der Waals surface area contributed by atoms with Crippen LogP contribution in [0.25, 0.3) is 6.08 Å². The van der Waals surface area contributed by atoms with Gasteiger partial charge in [0.2, 0.25) is 5.91 Å². The minimum atomic E-state index is -1.74. The molecular formula is C34H39ClF2N8O4S. The number of carbonyl (C=O) groups is 3. The van der Waals surface area contributed by atoms with Crippen LogP contribution in [0.2, 0.25) is 5.02 Å². The van der Waals surface area contributed by atoms with Crippen molar-refractivity contribution in [1.29, 1.82) is 0 Å². The fraction of sp³-hybridized carbons (Fsp3) is 0.441. The molecule has 1 atom stereocenters. The number of likely N-dealkylation sites (N-methyl/N-ethyl adjacent to an activating group) is 1. The number of hydrogen-bond acceptors (Lipinski definition) is 10. The third-order valence-corrected chi connectivity index (χ3v) is 10.6. The number of carbonyl (C=O) groups excluding carboxylic acids is 3. The van der Waals surface area contributed by atoms with Gasteiger partial charge < -0.3 is 19.8 Å². The number of β-amino-alcohol motifs (C(OH)–C–C–N with tert-alkyl or cyclic N) is 1. The van der Waals surface area contributed by atoms with Gasteiger partial charge in [-0.1, -0.05) is 23.7 Å². The van der Waals surface area contributed by atoms with Gasteiger partial charge in [-0.05, 0) is 49.5 Å². The number of aliphatic hydroxyl groups is 1. The second kappa shape index (κ2) is 15.6. The minimum absolute atomic E-state index is 0.0230. The molecule has 2 aromatic carbocycles. The lowest BCUT2D eigenvalue weighted by Gasteiger charge is -2.39. The first kappa shape index (κ1) is 35.9. The Morgan fingerprint density at radius 3 is 2.50 bits per heavy atom. The van der Waals surface area contributed by atoms with Crippen molar-refractivity contribution < 1.29 is 28.3 Å². The molecule has 3 aliphatic rings. The lowest BCUT2D eigenvalue weighted by Crippen LogP contribution is -2.53. The highest BCUT2D eigenvalue weighted by molar-refractivity contribution is 8.18. The molecule has 0 bridgehead atoms. The summed E-state index contributed by atoms with van der Waals surface area (Å²) in [6.45, 7) is 5.08. The maximum Gasteiger partial charge on any atom is 0.293 e. The highest BCUT2D eigenvalue weighted by atomic mass is 35.5. The molecule has 1 aromatic heterocycles. The molecule has 266 valence electrons. The van der Waals surface area contributed by atoms with E-state index in [-0.39, 0.29) is 42.8 Å². The SMILES string of the molecule is CN1CCN(c2cccc(Cl)c2C=C2SC(=O)N(CCCC(=O)N3CCN(CC(O)(Cn4cncn4)c4ccc(F)cc4F)CC3)C2=O)CC1. The topological polar surface area (TPSA) is 118 Å². The number of piperazine rings is 2. The molecule has 6 rings (SSSR count). The van der Waals surface area contributed by atoms with Crippen molar-refractivity contribution in [1.82, 2.24) is 34.4 Å². The molecule has 0 aliphatic carbocycles. The molecule has 16 heteroatoms. The van der Waals surface area contributed by atoms with Crippen LogP contribution in [-0.4, -0.2) is 129 Å². The summed E-state index contributed by atoms with van der Waals surface area (Å²) in [5.41, 5.74) is -0.170. The monoisotopic (exact) mass is 728 g/mol.